The summed E-state index contributed by atoms with van der Waals surface area (Å²) >= 11 is 0. The predicted molar refractivity (Wildman–Crippen MR) is 78.7 cm³/mol. The smallest absolute Gasteiger partial charge is 0.307 e. The van der Waals surface area contributed by atoms with Crippen molar-refractivity contribution in [2.45, 2.75) is 45.7 Å². The van der Waals surface area contributed by atoms with Gasteiger partial charge in [-0.15, -0.1) is 0 Å². The third-order valence-corrected chi connectivity index (χ3v) is 3.22. The number of ether oxygens (including phenoxy) is 1. The molecule has 0 aliphatic carbocycles. The molecule has 4 nitrogen and oxygen atoms in total. The number of ketones is 1. The maximum atomic E-state index is 12.9. The molecule has 2 atom stereocenters. The van der Waals surface area contributed by atoms with Crippen molar-refractivity contribution in [1.29, 1.82) is 0 Å². The molecular formula is C16H22FNO3. The number of Topliss-reactive ketones (excluding diaryl/α,β-unsaturated/α-hetero) is 1. The summed E-state index contributed by atoms with van der Waals surface area (Å²) < 4.78 is 17.8. The van der Waals surface area contributed by atoms with Crippen LogP contribution in [-0.2, 0) is 9.53 Å². The first kappa shape index (κ1) is 17.3. The van der Waals surface area contributed by atoms with Crippen molar-refractivity contribution in [1.82, 2.24) is 5.32 Å². The van der Waals surface area contributed by atoms with E-state index in [1.807, 2.05) is 13.8 Å². The maximum absolute atomic E-state index is 12.9. The Kier molecular flexibility index (Phi) is 7.02. The molecular weight excluding hydrogens is 273 g/mol. The van der Waals surface area contributed by atoms with Gasteiger partial charge in [-0.1, -0.05) is 6.92 Å². The van der Waals surface area contributed by atoms with Crippen molar-refractivity contribution in [2.24, 2.45) is 0 Å². The van der Waals surface area contributed by atoms with E-state index < -0.39 is 17.8 Å². The zero-order valence-electron chi connectivity index (χ0n) is 12.7. The number of benzene rings is 1. The van der Waals surface area contributed by atoms with E-state index in [9.17, 15) is 14.0 Å². The summed E-state index contributed by atoms with van der Waals surface area (Å²) in [6.45, 7) is 5.92. The summed E-state index contributed by atoms with van der Waals surface area (Å²) in [6.07, 6.45) is 0.796. The lowest BCUT2D eigenvalue weighted by atomic mass is 10.0. The molecule has 0 radical (unpaired) electrons. The topological polar surface area (TPSA) is 55.4 Å². The van der Waals surface area contributed by atoms with Gasteiger partial charge in [0.1, 0.15) is 5.82 Å². The van der Waals surface area contributed by atoms with E-state index in [0.717, 1.165) is 6.42 Å². The second kappa shape index (κ2) is 8.52. The Labute approximate surface area is 124 Å². The van der Waals surface area contributed by atoms with Gasteiger partial charge in [-0.2, -0.15) is 0 Å². The van der Waals surface area contributed by atoms with E-state index in [2.05, 4.69) is 5.32 Å². The summed E-state index contributed by atoms with van der Waals surface area (Å²) in [7, 11) is 0. The van der Waals surface area contributed by atoms with Crippen molar-refractivity contribution in [3.63, 3.8) is 0 Å². The first-order valence-corrected chi connectivity index (χ1v) is 7.19. The van der Waals surface area contributed by atoms with Gasteiger partial charge in [0.2, 0.25) is 0 Å². The van der Waals surface area contributed by atoms with Crippen LogP contribution in [0.2, 0.25) is 0 Å². The molecule has 0 amide bonds. The monoisotopic (exact) mass is 295 g/mol. The van der Waals surface area contributed by atoms with Gasteiger partial charge in [-0.05, 0) is 44.5 Å². The van der Waals surface area contributed by atoms with Crippen LogP contribution in [0.1, 0.15) is 44.0 Å². The van der Waals surface area contributed by atoms with Crippen molar-refractivity contribution >= 4 is 11.8 Å². The summed E-state index contributed by atoms with van der Waals surface area (Å²) in [4.78, 5) is 24.1. The quantitative estimate of drug-likeness (QED) is 0.592. The Balaban J connectivity index is 2.85. The zero-order valence-corrected chi connectivity index (χ0v) is 12.7. The molecule has 0 saturated heterocycles. The average Bonchev–Trinajstić information content (AvgIpc) is 2.46. The molecule has 0 heterocycles. The number of hydrogen-bond acceptors (Lipinski definition) is 4. The Hall–Kier alpha value is -1.75. The van der Waals surface area contributed by atoms with Crippen molar-refractivity contribution < 1.29 is 18.7 Å². The fraction of sp³-hybridized carbons (Fsp3) is 0.500. The van der Waals surface area contributed by atoms with Crippen LogP contribution in [0.3, 0.4) is 0 Å². The lowest BCUT2D eigenvalue weighted by molar-refractivity contribution is -0.143. The Morgan fingerprint density at radius 1 is 1.24 bits per heavy atom. The highest BCUT2D eigenvalue weighted by atomic mass is 19.1. The summed E-state index contributed by atoms with van der Waals surface area (Å²) in [5.74, 6) is -1.06. The molecule has 1 N–H and O–H groups in total. The molecule has 116 valence electrons. The molecule has 2 unspecified atom stereocenters. The highest BCUT2D eigenvalue weighted by molar-refractivity contribution is 6.01. The fourth-order valence-electron chi connectivity index (χ4n) is 1.89. The highest BCUT2D eigenvalue weighted by Gasteiger charge is 2.24. The van der Waals surface area contributed by atoms with Crippen molar-refractivity contribution in [3.8, 4) is 0 Å². The van der Waals surface area contributed by atoms with Crippen LogP contribution in [0.15, 0.2) is 24.3 Å². The largest absolute Gasteiger partial charge is 0.466 e. The number of hydrogen-bond donors (Lipinski definition) is 1. The summed E-state index contributed by atoms with van der Waals surface area (Å²) in [6, 6.07) is 4.75. The van der Waals surface area contributed by atoms with Gasteiger partial charge in [-0.25, -0.2) is 4.39 Å². The zero-order chi connectivity index (χ0) is 15.8. The minimum absolute atomic E-state index is 0.0333. The van der Waals surface area contributed by atoms with Crippen LogP contribution in [0.4, 0.5) is 4.39 Å². The Morgan fingerprint density at radius 2 is 1.86 bits per heavy atom. The minimum Gasteiger partial charge on any atom is -0.466 e. The molecule has 0 aromatic heterocycles. The minimum atomic E-state index is -0.663. The van der Waals surface area contributed by atoms with Crippen molar-refractivity contribution in [3.05, 3.63) is 35.6 Å². The lowest BCUT2D eigenvalue weighted by Gasteiger charge is -2.21. The molecule has 0 aliphatic rings. The standard InChI is InChI=1S/C16H22FNO3/c1-4-11(3)18-14(10-15(19)21-5-2)16(20)12-6-8-13(17)9-7-12/h6-9,11,14,18H,4-5,10H2,1-3H3. The Morgan fingerprint density at radius 3 is 2.38 bits per heavy atom. The van der Waals surface area contributed by atoms with Gasteiger partial charge in [0.05, 0.1) is 19.1 Å². The number of carbonyl (C=O) groups is 2. The molecule has 1 aromatic carbocycles. The number of carbonyl (C=O) groups excluding carboxylic acids is 2. The van der Waals surface area contributed by atoms with E-state index >= 15 is 0 Å². The van der Waals surface area contributed by atoms with Gasteiger partial charge < -0.3 is 10.1 Å². The highest BCUT2D eigenvalue weighted by Crippen LogP contribution is 2.10. The molecule has 0 spiro atoms. The molecule has 0 fully saturated rings. The van der Waals surface area contributed by atoms with E-state index in [1.165, 1.54) is 24.3 Å². The molecule has 21 heavy (non-hydrogen) atoms. The molecule has 0 saturated carbocycles. The second-order valence-corrected chi connectivity index (χ2v) is 4.91. The van der Waals surface area contributed by atoms with E-state index in [1.54, 1.807) is 6.92 Å². The first-order chi connectivity index (χ1) is 9.97. The maximum Gasteiger partial charge on any atom is 0.307 e. The third-order valence-electron chi connectivity index (χ3n) is 3.22. The van der Waals surface area contributed by atoms with Crippen LogP contribution < -0.4 is 5.32 Å². The number of nitrogens with one attached hydrogen (secondary N) is 1. The van der Waals surface area contributed by atoms with Crippen LogP contribution in [0, 0.1) is 5.82 Å². The number of halogens is 1. The molecule has 1 aromatic rings. The lowest BCUT2D eigenvalue weighted by Crippen LogP contribution is -2.43. The van der Waals surface area contributed by atoms with E-state index in [0.29, 0.717) is 5.56 Å². The molecule has 0 bridgehead atoms. The van der Waals surface area contributed by atoms with Gasteiger partial charge in [0, 0.05) is 11.6 Å². The predicted octanol–water partition coefficient (Wildman–Crippen LogP) is 2.72. The van der Waals surface area contributed by atoms with Crippen molar-refractivity contribution in [2.75, 3.05) is 6.61 Å². The molecule has 5 heteroatoms. The van der Waals surface area contributed by atoms with Crippen LogP contribution in [-0.4, -0.2) is 30.4 Å². The van der Waals surface area contributed by atoms with Crippen LogP contribution >= 0.6 is 0 Å². The summed E-state index contributed by atoms with van der Waals surface area (Å²) in [5, 5.41) is 3.12. The SMILES string of the molecule is CCOC(=O)CC(NC(C)CC)C(=O)c1ccc(F)cc1. The third kappa shape index (κ3) is 5.63. The van der Waals surface area contributed by atoms with Crippen LogP contribution in [0.25, 0.3) is 0 Å². The number of esters is 1. The normalized spacial score (nSPS) is 13.5. The van der Waals surface area contributed by atoms with E-state index in [-0.39, 0.29) is 24.9 Å². The number of rotatable bonds is 8. The van der Waals surface area contributed by atoms with Gasteiger partial charge in [-0.3, -0.25) is 9.59 Å². The van der Waals surface area contributed by atoms with Gasteiger partial charge in [0.15, 0.2) is 5.78 Å². The second-order valence-electron chi connectivity index (χ2n) is 4.91. The van der Waals surface area contributed by atoms with Crippen LogP contribution in [0.5, 0.6) is 0 Å². The average molecular weight is 295 g/mol. The summed E-state index contributed by atoms with van der Waals surface area (Å²) in [5.41, 5.74) is 0.376. The van der Waals surface area contributed by atoms with E-state index in [4.69, 9.17) is 4.74 Å². The molecule has 0 aliphatic heterocycles. The Bertz CT molecular complexity index is 473. The van der Waals surface area contributed by atoms with Gasteiger partial charge in [0.25, 0.3) is 0 Å². The van der Waals surface area contributed by atoms with Gasteiger partial charge >= 0.3 is 5.97 Å². The first-order valence-electron chi connectivity index (χ1n) is 7.19. The fourth-order valence-corrected chi connectivity index (χ4v) is 1.89. The molecule has 1 rings (SSSR count).